The molecule has 752 valence electrons. The summed E-state index contributed by atoms with van der Waals surface area (Å²) in [5.41, 5.74) is 10.5. The number of hydrogen-bond donors (Lipinski definition) is 6. The SMILES string of the molecule is CO[C@H]1C[C@@H]2CC[C@@H](C)[C@@](O)(O2)C(=O)C(=O)N2CCCC[C@H]2C(=O)O[C@H]([C@H](C)C[C@@H]2CC[C@@H](O)[C@H](OC)C2)C[C@@H](O)[C@H](C)/C=C(\C)[C@@H](O)[C@@H](OC)C(=NOCC(=O)CCc2cnc(N3CCN(C(=O)CCOCCN4CCN(c5ncc(C(=O)NCCS(=O)(=O)c6ccc(C(=O)N7CCOc8ccc(-c9ccc(N)nc9)cc8C7)c(C)c6F)cn5)CC4)CC3)nc2)[C@H](C)C[C@H](C)/C=C/C=C/C=C/1C. The van der Waals surface area contributed by atoms with Crippen molar-refractivity contribution in [2.75, 3.05) is 148 Å². The van der Waals surface area contributed by atoms with Gasteiger partial charge in [0.15, 0.2) is 22.2 Å². The molecule has 0 radical (unpaired) electrons. The molecule has 1 aliphatic carbocycles. The number of allylic oxidation sites excluding steroid dienone is 5. The van der Waals surface area contributed by atoms with Gasteiger partial charge in [-0.2, -0.15) is 0 Å². The normalized spacial score (nSPS) is 28.1. The zero-order valence-corrected chi connectivity index (χ0v) is 82.2. The molecule has 1 saturated carbocycles. The number of nitrogens with one attached hydrogen (secondary N) is 1. The Morgan fingerprint density at radius 3 is 2.15 bits per heavy atom. The largest absolute Gasteiger partial charge is 0.491 e. The molecular formula is C101H139FN14O21S. The van der Waals surface area contributed by atoms with Crippen molar-refractivity contribution >= 4 is 74.4 Å². The van der Waals surface area contributed by atoms with E-state index in [1.165, 1.54) is 42.3 Å². The summed E-state index contributed by atoms with van der Waals surface area (Å²) in [6.45, 7) is 20.2. The Kier molecular flexibility index (Phi) is 38.6. The number of hydrogen-bond acceptors (Lipinski definition) is 31. The smallest absolute Gasteiger partial charge is 0.329 e. The molecule has 0 spiro atoms. The molecule has 0 unspecified atom stereocenters. The Morgan fingerprint density at radius 1 is 0.732 bits per heavy atom. The third-order valence-electron chi connectivity index (χ3n) is 28.0. The monoisotopic (exact) mass is 1930 g/mol. The van der Waals surface area contributed by atoms with Gasteiger partial charge in [0, 0.05) is 185 Å². The first-order valence-corrected chi connectivity index (χ1v) is 50.1. The second-order valence-corrected chi connectivity index (χ2v) is 40.0. The first kappa shape index (κ1) is 106. The fraction of sp³-hybridized carbons (Fsp3) is 0.594. The molecule has 4 saturated heterocycles. The molecule has 12 rings (SSSR count). The molecule has 7 aliphatic rings. The second-order valence-electron chi connectivity index (χ2n) is 37.9. The summed E-state index contributed by atoms with van der Waals surface area (Å²) < 4.78 is 85.4. The summed E-state index contributed by atoms with van der Waals surface area (Å²) in [6.07, 6.45) is 18.4. The molecule has 7 N–H and O–H groups in total. The van der Waals surface area contributed by atoms with Gasteiger partial charge in [-0.3, -0.25) is 33.7 Å². The third kappa shape index (κ3) is 28.0. The number of Topliss-reactive ketones (excluding diaryl/α,β-unsaturated/α-hetero) is 2. The number of nitrogen functional groups attached to an aromatic ring is 1. The van der Waals surface area contributed by atoms with Gasteiger partial charge in [0.1, 0.15) is 53.2 Å². The van der Waals surface area contributed by atoms with E-state index < -0.39 is 122 Å². The van der Waals surface area contributed by atoms with Crippen molar-refractivity contribution in [3.63, 3.8) is 0 Å². The van der Waals surface area contributed by atoms with E-state index in [0.29, 0.717) is 164 Å². The number of ketones is 2. The summed E-state index contributed by atoms with van der Waals surface area (Å²) in [5, 5.41) is 54.6. The number of cyclic esters (lactones) is 1. The summed E-state index contributed by atoms with van der Waals surface area (Å²) >= 11 is 0. The topological polar surface area (TPSA) is 443 Å². The number of carbonyl (C=O) groups is 7. The number of ether oxygens (including phenoxy) is 7. The first-order chi connectivity index (χ1) is 66.1. The van der Waals surface area contributed by atoms with Crippen LogP contribution in [0, 0.1) is 48.2 Å². The number of nitrogens with two attached hydrogens (primary N) is 1. The van der Waals surface area contributed by atoms with Gasteiger partial charge in [-0.05, 0) is 173 Å². The lowest BCUT2D eigenvalue weighted by molar-refractivity contribution is -0.265. The van der Waals surface area contributed by atoms with Crippen molar-refractivity contribution in [1.29, 1.82) is 0 Å². The maximum Gasteiger partial charge on any atom is 0.329 e. The van der Waals surface area contributed by atoms with E-state index in [-0.39, 0.29) is 136 Å². The number of nitrogens with zero attached hydrogens (tertiary/aromatic N) is 12. The molecule has 6 aliphatic heterocycles. The van der Waals surface area contributed by atoms with Crippen molar-refractivity contribution in [3.05, 3.63) is 155 Å². The fourth-order valence-corrected chi connectivity index (χ4v) is 20.6. The average molecular weight is 1940 g/mol. The average Bonchev–Trinajstić information content (AvgIpc) is 1.38. The molecule has 9 heterocycles. The first-order valence-electron chi connectivity index (χ1n) is 48.4. The van der Waals surface area contributed by atoms with E-state index in [0.717, 1.165) is 33.9 Å². The van der Waals surface area contributed by atoms with Crippen LogP contribution in [0.1, 0.15) is 176 Å². The molecule has 2 aromatic carbocycles. The predicted octanol–water partition coefficient (Wildman–Crippen LogP) is 8.77. The number of aromatic nitrogens is 5. The van der Waals surface area contributed by atoms with E-state index in [1.54, 1.807) is 65.7 Å². The van der Waals surface area contributed by atoms with E-state index >= 15 is 4.39 Å². The Hall–Kier alpha value is -10.5. The standard InChI is InChI=1S/C101H139FN14O21S/c1-63-17-13-12-14-18-64(2)84(130-9)54-78-26-20-69(7)101(127,137-78)94(122)97(125)116-34-16-15-19-80(116)98(126)136-85(66(4)51-71-22-28-81(118)86(52-71)131-10)55-82(119)65(3)50-68(6)92(121)93(132-11)91(67(5)49-63)110-135-62-77(117)25-21-72-56-106-99(107-57-72)114-41-39-112(40-42-114)89(120)32-45-133-46-43-111-35-37-113(38-36-111)100-108-59-76(60-109-100)95(123)104-33-48-138(128,129)87-30-27-79(70(8)90(87)102)96(124)115-44-47-134-83-29-23-73(53-75(83)61-115)74-24-31-88(103)105-58-74/h12-14,17-18,23-24,27,29-31,50,53,56-60,63,65-67,69,71,78,80-82,84-86,92-93,118-119,121,127H,15-16,19-22,25-26,28,32-49,51-52,54-55,61-62H2,1-11H3,(H2,103,105)(H,104,123)/b14-12+,17-13+,64-18+,68-50+,110-91?/t63-,65-,66-,67-,69-,71+,78+,80+,81-,82-,84+,85+,86-,92-,93+,101-/m1/s1. The molecule has 35 nitrogen and oxygen atoms in total. The highest BCUT2D eigenvalue weighted by Crippen LogP contribution is 2.40. The number of amides is 4. The van der Waals surface area contributed by atoms with Gasteiger partial charge in [-0.1, -0.05) is 82.3 Å². The molecule has 2 bridgehead atoms. The van der Waals surface area contributed by atoms with Crippen LogP contribution in [0.25, 0.3) is 11.1 Å². The summed E-state index contributed by atoms with van der Waals surface area (Å²) in [4.78, 5) is 136. The summed E-state index contributed by atoms with van der Waals surface area (Å²) in [6, 6.07) is 10.4. The lowest BCUT2D eigenvalue weighted by atomic mass is 9.78. The van der Waals surface area contributed by atoms with E-state index in [9.17, 15) is 62.4 Å². The number of anilines is 3. The lowest BCUT2D eigenvalue weighted by Crippen LogP contribution is -2.61. The molecule has 138 heavy (non-hydrogen) atoms. The molecule has 4 amide bonds. The number of rotatable bonds is 27. The van der Waals surface area contributed by atoms with Crippen LogP contribution < -0.4 is 25.6 Å². The Balaban J connectivity index is 0.577. The highest BCUT2D eigenvalue weighted by Gasteiger charge is 2.54. The number of esters is 1. The number of methoxy groups -OCH3 is 3. The number of sulfone groups is 1. The number of carbonyl (C=O) groups excluding carboxylic acids is 7. The van der Waals surface area contributed by atoms with Crippen molar-refractivity contribution < 1.29 is 105 Å². The molecular weight excluding hydrogens is 1800 g/mol. The molecule has 37 heteroatoms. The summed E-state index contributed by atoms with van der Waals surface area (Å²) in [5.74, 6) is -8.63. The van der Waals surface area contributed by atoms with Gasteiger partial charge in [0.25, 0.3) is 23.5 Å². The van der Waals surface area contributed by atoms with Crippen LogP contribution in [0.4, 0.5) is 22.1 Å². The number of piperazine rings is 2. The maximum absolute atomic E-state index is 16.0. The van der Waals surface area contributed by atoms with Gasteiger partial charge in [-0.15, -0.1) is 0 Å². The lowest BCUT2D eigenvalue weighted by Gasteiger charge is -2.43. The van der Waals surface area contributed by atoms with Crippen molar-refractivity contribution in [2.24, 2.45) is 40.7 Å². The number of aliphatic hydroxyl groups is 4. The van der Waals surface area contributed by atoms with Crippen molar-refractivity contribution in [3.8, 4) is 16.9 Å². The van der Waals surface area contributed by atoms with Crippen LogP contribution >= 0.6 is 0 Å². The minimum atomic E-state index is -4.27. The van der Waals surface area contributed by atoms with Gasteiger partial charge in [0.05, 0.1) is 73.7 Å². The number of halogens is 1. The Labute approximate surface area is 808 Å². The van der Waals surface area contributed by atoms with Crippen LogP contribution in [-0.4, -0.2) is 313 Å². The second kappa shape index (κ2) is 50.1. The van der Waals surface area contributed by atoms with Gasteiger partial charge in [-0.25, -0.2) is 42.5 Å². The minimum absolute atomic E-state index is 0.00960. The number of oxime groups is 1. The van der Waals surface area contributed by atoms with Crippen LogP contribution in [-0.2, 0) is 80.0 Å². The molecule has 5 fully saturated rings. The zero-order valence-electron chi connectivity index (χ0n) is 81.3. The van der Waals surface area contributed by atoms with Crippen molar-refractivity contribution in [2.45, 2.75) is 224 Å². The number of pyridine rings is 1. The van der Waals surface area contributed by atoms with Crippen LogP contribution in [0.2, 0.25) is 0 Å². The third-order valence-corrected chi connectivity index (χ3v) is 29.7. The highest BCUT2D eigenvalue weighted by atomic mass is 32.2. The van der Waals surface area contributed by atoms with Gasteiger partial charge in [0.2, 0.25) is 23.6 Å². The van der Waals surface area contributed by atoms with Crippen molar-refractivity contribution in [1.82, 2.24) is 49.8 Å². The Bertz CT molecular complexity index is 5250. The van der Waals surface area contributed by atoms with Crippen LogP contribution in [0.3, 0.4) is 0 Å². The Morgan fingerprint density at radius 2 is 1.45 bits per heavy atom. The van der Waals surface area contributed by atoms with Gasteiger partial charge < -0.3 is 94.0 Å². The minimum Gasteiger partial charge on any atom is -0.491 e. The van der Waals surface area contributed by atoms with E-state index in [2.05, 4.69) is 40.3 Å². The quantitative estimate of drug-likeness (QED) is 0.00940. The number of benzene rings is 2. The maximum atomic E-state index is 16.0. The number of aryl methyl sites for hydroxylation is 1. The predicted molar refractivity (Wildman–Crippen MR) is 515 cm³/mol. The van der Waals surface area contributed by atoms with E-state index in [4.69, 9.17) is 43.7 Å². The molecule has 5 aromatic rings. The number of aliphatic hydroxyl groups excluding tert-OH is 3. The summed E-state index contributed by atoms with van der Waals surface area (Å²) in [7, 11) is 0.325. The van der Waals surface area contributed by atoms with Gasteiger partial charge >= 0.3 is 5.97 Å². The molecule has 16 atom stereocenters. The number of fused-ring (bicyclic) bond motifs is 4. The molecule has 3 aromatic heterocycles. The van der Waals surface area contributed by atoms with Crippen LogP contribution in [0.15, 0.2) is 131 Å². The van der Waals surface area contributed by atoms with Crippen LogP contribution in [0.5, 0.6) is 5.75 Å². The number of piperidine rings is 1. The zero-order chi connectivity index (χ0) is 99.1. The van der Waals surface area contributed by atoms with E-state index in [1.807, 2.05) is 97.0 Å². The highest BCUT2D eigenvalue weighted by molar-refractivity contribution is 7.91. The fourth-order valence-electron chi connectivity index (χ4n) is 19.3.